The van der Waals surface area contributed by atoms with Gasteiger partial charge in [-0.1, -0.05) is 0 Å². The second-order valence-electron chi connectivity index (χ2n) is 4.65. The van der Waals surface area contributed by atoms with Crippen molar-refractivity contribution in [1.82, 2.24) is 4.31 Å². The van der Waals surface area contributed by atoms with Crippen LogP contribution in [0.15, 0.2) is 10.3 Å². The highest BCUT2D eigenvalue weighted by atomic mass is 32.2. The molecule has 0 amide bonds. The molecule has 0 aliphatic carbocycles. The van der Waals surface area contributed by atoms with E-state index < -0.39 is 16.0 Å². The van der Waals surface area contributed by atoms with Gasteiger partial charge in [0.15, 0.2) is 0 Å². The first-order chi connectivity index (χ1) is 8.84. The Morgan fingerprint density at radius 3 is 2.84 bits per heavy atom. The van der Waals surface area contributed by atoms with E-state index in [0.717, 1.165) is 17.8 Å². The maximum atomic E-state index is 12.6. The molecule has 106 valence electrons. The first kappa shape index (κ1) is 14.4. The fraction of sp³-hybridized carbons (Fsp3) is 0.545. The third-order valence-corrected chi connectivity index (χ3v) is 6.40. The van der Waals surface area contributed by atoms with Gasteiger partial charge in [0.2, 0.25) is 10.0 Å². The normalized spacial score (nSPS) is 21.5. The summed E-state index contributed by atoms with van der Waals surface area (Å²) in [4.78, 5) is 10.9. The second kappa shape index (κ2) is 5.20. The zero-order valence-electron chi connectivity index (χ0n) is 10.5. The Morgan fingerprint density at radius 1 is 1.58 bits per heavy atom. The van der Waals surface area contributed by atoms with Crippen molar-refractivity contribution >= 4 is 27.3 Å². The van der Waals surface area contributed by atoms with Crippen LogP contribution >= 0.6 is 11.3 Å². The lowest BCUT2D eigenvalue weighted by atomic mass is 10.1. The van der Waals surface area contributed by atoms with Crippen molar-refractivity contribution in [2.75, 3.05) is 13.1 Å². The van der Waals surface area contributed by atoms with E-state index in [9.17, 15) is 13.2 Å². The van der Waals surface area contributed by atoms with Crippen LogP contribution in [0, 0.1) is 6.92 Å². The van der Waals surface area contributed by atoms with Crippen molar-refractivity contribution in [3.05, 3.63) is 15.8 Å². The van der Waals surface area contributed by atoms with Crippen molar-refractivity contribution in [3.63, 3.8) is 0 Å². The van der Waals surface area contributed by atoms with E-state index >= 15 is 0 Å². The predicted octanol–water partition coefficient (Wildman–Crippen LogP) is 0.867. The lowest BCUT2D eigenvalue weighted by Gasteiger charge is -2.30. The van der Waals surface area contributed by atoms with E-state index in [1.54, 1.807) is 12.3 Å². The summed E-state index contributed by atoms with van der Waals surface area (Å²) in [6.45, 7) is 2.25. The number of carboxylic acid groups (broad SMARTS) is 1. The molecule has 0 saturated carbocycles. The number of aryl methyl sites for hydroxylation is 1. The standard InChI is InChI=1S/C11H16N2O4S2/c1-7-6-18-9(11(14)15)10(7)19(16,17)13-4-2-3-8(12)5-13/h6,8H,2-5,12H2,1H3,(H,14,15). The van der Waals surface area contributed by atoms with Crippen molar-refractivity contribution < 1.29 is 18.3 Å². The van der Waals surface area contributed by atoms with Gasteiger partial charge in [0, 0.05) is 19.1 Å². The van der Waals surface area contributed by atoms with E-state index in [1.807, 2.05) is 0 Å². The van der Waals surface area contributed by atoms with Crippen molar-refractivity contribution in [2.45, 2.75) is 30.7 Å². The summed E-state index contributed by atoms with van der Waals surface area (Å²) in [5, 5.41) is 10.7. The van der Waals surface area contributed by atoms with Crippen molar-refractivity contribution in [1.29, 1.82) is 0 Å². The maximum Gasteiger partial charge on any atom is 0.347 e. The van der Waals surface area contributed by atoms with Gasteiger partial charge in [-0.25, -0.2) is 13.2 Å². The van der Waals surface area contributed by atoms with Gasteiger partial charge >= 0.3 is 5.97 Å². The molecule has 0 spiro atoms. The van der Waals surface area contributed by atoms with E-state index in [-0.39, 0.29) is 22.4 Å². The first-order valence-electron chi connectivity index (χ1n) is 5.91. The zero-order chi connectivity index (χ0) is 14.2. The molecule has 0 aromatic carbocycles. The van der Waals surface area contributed by atoms with Crippen LogP contribution in [0.25, 0.3) is 0 Å². The molecule has 1 aromatic rings. The second-order valence-corrected chi connectivity index (χ2v) is 7.40. The Morgan fingerprint density at radius 2 is 2.26 bits per heavy atom. The Kier molecular flexibility index (Phi) is 3.95. The summed E-state index contributed by atoms with van der Waals surface area (Å²) < 4.78 is 26.4. The lowest BCUT2D eigenvalue weighted by Crippen LogP contribution is -2.45. The molecule has 6 nitrogen and oxygen atoms in total. The predicted molar refractivity (Wildman–Crippen MR) is 72.0 cm³/mol. The molecule has 1 saturated heterocycles. The fourth-order valence-electron chi connectivity index (χ4n) is 2.22. The monoisotopic (exact) mass is 304 g/mol. The molecule has 1 unspecified atom stereocenters. The molecule has 1 fully saturated rings. The number of rotatable bonds is 3. The van der Waals surface area contributed by atoms with Crippen molar-refractivity contribution in [2.24, 2.45) is 5.73 Å². The number of nitrogens with two attached hydrogens (primary N) is 1. The lowest BCUT2D eigenvalue weighted by molar-refractivity contribution is 0.0698. The van der Waals surface area contributed by atoms with Crippen LogP contribution in [0.3, 0.4) is 0 Å². The minimum Gasteiger partial charge on any atom is -0.477 e. The summed E-state index contributed by atoms with van der Waals surface area (Å²) in [5.41, 5.74) is 6.26. The minimum absolute atomic E-state index is 0.0842. The number of sulfonamides is 1. The quantitative estimate of drug-likeness (QED) is 0.863. The first-order valence-corrected chi connectivity index (χ1v) is 8.23. The number of carboxylic acids is 1. The van der Waals surface area contributed by atoms with Crippen LogP contribution in [0.5, 0.6) is 0 Å². The van der Waals surface area contributed by atoms with Gasteiger partial charge in [-0.2, -0.15) is 4.31 Å². The molecule has 3 N–H and O–H groups in total. The summed E-state index contributed by atoms with van der Waals surface area (Å²) in [6.07, 6.45) is 1.49. The highest BCUT2D eigenvalue weighted by Crippen LogP contribution is 2.30. The maximum absolute atomic E-state index is 12.6. The van der Waals surface area contributed by atoms with Crippen LogP contribution in [0.4, 0.5) is 0 Å². The number of carbonyl (C=O) groups is 1. The van der Waals surface area contributed by atoms with Crippen LogP contribution in [0.2, 0.25) is 0 Å². The summed E-state index contributed by atoms with van der Waals surface area (Å²) in [7, 11) is -3.78. The van der Waals surface area contributed by atoms with Gasteiger partial charge in [-0.05, 0) is 30.7 Å². The molecule has 1 aromatic heterocycles. The Bertz CT molecular complexity index is 594. The molecule has 1 aliphatic heterocycles. The van der Waals surface area contributed by atoms with E-state index in [0.29, 0.717) is 18.5 Å². The van der Waals surface area contributed by atoms with Crippen molar-refractivity contribution in [3.8, 4) is 0 Å². The largest absolute Gasteiger partial charge is 0.477 e. The highest BCUT2D eigenvalue weighted by Gasteiger charge is 2.34. The van der Waals surface area contributed by atoms with Gasteiger partial charge in [-0.3, -0.25) is 0 Å². The van der Waals surface area contributed by atoms with Gasteiger partial charge in [0.05, 0.1) is 0 Å². The number of thiophene rings is 1. The topological polar surface area (TPSA) is 101 Å². The number of aromatic carboxylic acids is 1. The molecular formula is C11H16N2O4S2. The Hall–Kier alpha value is -0.960. The zero-order valence-corrected chi connectivity index (χ0v) is 12.1. The molecular weight excluding hydrogens is 288 g/mol. The molecule has 2 rings (SSSR count). The smallest absolute Gasteiger partial charge is 0.347 e. The molecule has 2 heterocycles. The summed E-state index contributed by atoms with van der Waals surface area (Å²) in [6, 6.07) is -0.184. The number of hydrogen-bond donors (Lipinski definition) is 2. The van der Waals surface area contributed by atoms with Crippen LogP contribution in [-0.4, -0.2) is 42.9 Å². The number of piperidine rings is 1. The van der Waals surface area contributed by atoms with Gasteiger partial charge in [0.25, 0.3) is 0 Å². The van der Waals surface area contributed by atoms with Gasteiger partial charge in [0.1, 0.15) is 9.77 Å². The van der Waals surface area contributed by atoms with Crippen LogP contribution in [0.1, 0.15) is 28.1 Å². The summed E-state index contributed by atoms with van der Waals surface area (Å²) >= 11 is 0.939. The Labute approximate surface area is 115 Å². The molecule has 1 aliphatic rings. The van der Waals surface area contributed by atoms with E-state index in [4.69, 9.17) is 10.8 Å². The van der Waals surface area contributed by atoms with Gasteiger partial charge < -0.3 is 10.8 Å². The third kappa shape index (κ3) is 2.66. The number of nitrogens with zero attached hydrogens (tertiary/aromatic N) is 1. The highest BCUT2D eigenvalue weighted by molar-refractivity contribution is 7.89. The summed E-state index contributed by atoms with van der Waals surface area (Å²) in [5.74, 6) is -1.21. The van der Waals surface area contributed by atoms with Crippen LogP contribution in [-0.2, 0) is 10.0 Å². The SMILES string of the molecule is Cc1csc(C(=O)O)c1S(=O)(=O)N1CCCC(N)C1. The molecule has 0 radical (unpaired) electrons. The average Bonchev–Trinajstić information content (AvgIpc) is 2.72. The van der Waals surface area contributed by atoms with E-state index in [1.165, 1.54) is 4.31 Å². The Balaban J connectivity index is 2.45. The minimum atomic E-state index is -3.78. The van der Waals surface area contributed by atoms with Gasteiger partial charge in [-0.15, -0.1) is 11.3 Å². The fourth-order valence-corrected chi connectivity index (χ4v) is 5.34. The van der Waals surface area contributed by atoms with Crippen LogP contribution < -0.4 is 5.73 Å². The third-order valence-electron chi connectivity index (χ3n) is 3.13. The van der Waals surface area contributed by atoms with E-state index in [2.05, 4.69) is 0 Å². The number of hydrogen-bond acceptors (Lipinski definition) is 5. The molecule has 19 heavy (non-hydrogen) atoms. The average molecular weight is 304 g/mol. The molecule has 8 heteroatoms. The molecule has 1 atom stereocenters. The molecule has 0 bridgehead atoms.